The van der Waals surface area contributed by atoms with E-state index < -0.39 is 5.82 Å². The first-order valence-corrected chi connectivity index (χ1v) is 19.1. The molecule has 1 N–H and O–H groups in total. The molecule has 3 aromatic heterocycles. The number of carbonyl (C=O) groups is 1. The summed E-state index contributed by atoms with van der Waals surface area (Å²) in [5, 5.41) is 24.7. The van der Waals surface area contributed by atoms with Crippen LogP contribution in [0.2, 0.25) is 10.0 Å². The smallest absolute Gasteiger partial charge is 0.226 e. The molecule has 0 radical (unpaired) electrons. The molecule has 3 aliphatic heterocycles. The molecule has 2 bridgehead atoms. The molecular weight excluding hydrogens is 698 g/mol. The number of carbonyl (C=O) groups excluding carboxylic acids is 1. The van der Waals surface area contributed by atoms with Crippen LogP contribution in [-0.2, 0) is 16.6 Å². The predicted octanol–water partition coefficient (Wildman–Crippen LogP) is 8.41. The molecule has 5 atom stereocenters. The number of hydrogen-bond donors (Lipinski definition) is 1. The summed E-state index contributed by atoms with van der Waals surface area (Å²) in [7, 11) is 0. The first-order valence-electron chi connectivity index (χ1n) is 18.4. The van der Waals surface area contributed by atoms with Gasteiger partial charge in [-0.2, -0.15) is 5.26 Å². The SMILES string of the molecule is Cc1nc2c(F)c(-c3cccc(Cl)c3Cl)c(CCC#N)cc2c2c1cc([C@H]1C[C@H](n3cc(C(C)(C)C)nn3)CN1C(=O)C1CC1)n2[C@H]1C2CNC1C2. The number of rotatable bonds is 7. The number of aryl methyl sites for hydroxylation is 2. The van der Waals surface area contributed by atoms with Gasteiger partial charge >= 0.3 is 0 Å². The fourth-order valence-electron chi connectivity index (χ4n) is 8.99. The second kappa shape index (κ2) is 12.3. The molecule has 6 heterocycles. The molecular formula is C40H41Cl2FN8O. The Morgan fingerprint density at radius 1 is 1.15 bits per heavy atom. The van der Waals surface area contributed by atoms with Crippen LogP contribution in [-0.4, -0.2) is 54.5 Å². The van der Waals surface area contributed by atoms with Crippen molar-refractivity contribution < 1.29 is 9.18 Å². The molecule has 1 amide bonds. The molecule has 2 unspecified atom stereocenters. The van der Waals surface area contributed by atoms with Crippen LogP contribution in [0.4, 0.5) is 4.39 Å². The maximum absolute atomic E-state index is 17.2. The highest BCUT2D eigenvalue weighted by atomic mass is 35.5. The third kappa shape index (κ3) is 5.26. The van der Waals surface area contributed by atoms with Crippen molar-refractivity contribution in [2.24, 2.45) is 11.8 Å². The van der Waals surface area contributed by atoms with Gasteiger partial charge in [0.2, 0.25) is 5.91 Å². The van der Waals surface area contributed by atoms with E-state index in [2.05, 4.69) is 58.0 Å². The number of amides is 1. The van der Waals surface area contributed by atoms with Crippen molar-refractivity contribution in [1.29, 1.82) is 5.26 Å². The molecule has 12 heteroatoms. The number of nitrogens with zero attached hydrogens (tertiary/aromatic N) is 7. The summed E-state index contributed by atoms with van der Waals surface area (Å²) in [5.74, 6) is 0.197. The first-order chi connectivity index (χ1) is 24.9. The number of benzene rings is 2. The van der Waals surface area contributed by atoms with Crippen molar-refractivity contribution in [1.82, 2.24) is 34.8 Å². The fraction of sp³-hybridized carbons (Fsp3) is 0.475. The maximum atomic E-state index is 17.2. The number of aromatic nitrogens is 5. The van der Waals surface area contributed by atoms with Crippen LogP contribution < -0.4 is 5.32 Å². The average Bonchev–Trinajstić information content (AvgIpc) is 3.61. The van der Waals surface area contributed by atoms with E-state index in [-0.39, 0.29) is 58.4 Å². The lowest BCUT2D eigenvalue weighted by molar-refractivity contribution is -0.133. The van der Waals surface area contributed by atoms with Gasteiger partial charge < -0.3 is 14.8 Å². The minimum absolute atomic E-state index is 0.0324. The number of nitrogens with one attached hydrogen (secondary N) is 1. The molecule has 3 saturated heterocycles. The van der Waals surface area contributed by atoms with Crippen LogP contribution in [0, 0.1) is 35.9 Å². The molecule has 2 saturated carbocycles. The molecule has 5 aliphatic rings. The molecule has 52 heavy (non-hydrogen) atoms. The monoisotopic (exact) mass is 738 g/mol. The molecule has 2 aliphatic carbocycles. The summed E-state index contributed by atoms with van der Waals surface area (Å²) in [6, 6.07) is 11.9. The maximum Gasteiger partial charge on any atom is 0.226 e. The van der Waals surface area contributed by atoms with Crippen molar-refractivity contribution in [3.63, 3.8) is 0 Å². The second-order valence-corrected chi connectivity index (χ2v) is 17.1. The quantitative estimate of drug-likeness (QED) is 0.180. The van der Waals surface area contributed by atoms with Gasteiger partial charge in [-0.05, 0) is 68.7 Å². The largest absolute Gasteiger partial charge is 0.337 e. The number of likely N-dealkylation sites (tertiary alicyclic amines) is 1. The van der Waals surface area contributed by atoms with Crippen LogP contribution in [0.25, 0.3) is 32.9 Å². The molecule has 0 spiro atoms. The number of halogens is 3. The zero-order chi connectivity index (χ0) is 36.2. The Morgan fingerprint density at radius 2 is 1.96 bits per heavy atom. The van der Waals surface area contributed by atoms with Gasteiger partial charge in [0.1, 0.15) is 5.52 Å². The lowest BCUT2D eigenvalue weighted by atomic mass is 9.79. The normalized spacial score (nSPS) is 24.2. The van der Waals surface area contributed by atoms with E-state index in [0.717, 1.165) is 53.8 Å². The number of nitriles is 1. The van der Waals surface area contributed by atoms with Crippen LogP contribution in [0.1, 0.15) is 93.6 Å². The van der Waals surface area contributed by atoms with E-state index >= 15 is 4.39 Å². The molecule has 5 aromatic rings. The van der Waals surface area contributed by atoms with Crippen LogP contribution >= 0.6 is 23.2 Å². The second-order valence-electron chi connectivity index (χ2n) is 16.3. The Morgan fingerprint density at radius 3 is 2.63 bits per heavy atom. The molecule has 9 nitrogen and oxygen atoms in total. The average molecular weight is 740 g/mol. The zero-order valence-corrected chi connectivity index (χ0v) is 31.3. The predicted molar refractivity (Wildman–Crippen MR) is 200 cm³/mol. The summed E-state index contributed by atoms with van der Waals surface area (Å²) in [5.41, 5.74) is 5.23. The first kappa shape index (κ1) is 33.8. The minimum atomic E-state index is -0.476. The zero-order valence-electron chi connectivity index (χ0n) is 29.8. The van der Waals surface area contributed by atoms with Crippen molar-refractivity contribution in [2.75, 3.05) is 13.1 Å². The van der Waals surface area contributed by atoms with Gasteiger partial charge in [-0.3, -0.25) is 4.79 Å². The van der Waals surface area contributed by atoms with Crippen LogP contribution in [0.5, 0.6) is 0 Å². The van der Waals surface area contributed by atoms with Crippen molar-refractivity contribution in [2.45, 2.75) is 95.8 Å². The third-order valence-electron chi connectivity index (χ3n) is 11.9. The van der Waals surface area contributed by atoms with Crippen molar-refractivity contribution in [3.8, 4) is 17.2 Å². The van der Waals surface area contributed by atoms with Crippen LogP contribution in [0.15, 0.2) is 36.5 Å². The standard InChI is InChI=1S/C40H41Cl2FN8O/c1-20-26-16-31(30-15-24(18-49(30)39(52)21-10-11-21)50-19-32(47-48-50)40(2,3)4)51(37-23-14-29(37)45-17-23)38(26)27-13-22(7-6-12-44)33(35(43)36(27)46-20)25-8-5-9-28(41)34(25)42/h5,8-9,13,16,19,21,23-24,29-30,37,45H,6-7,10-11,14-15,17-18H2,1-4H3/t23?,24-,29?,30+,37-/m0/s1. The highest BCUT2D eigenvalue weighted by molar-refractivity contribution is 6.43. The van der Waals surface area contributed by atoms with E-state index in [1.165, 1.54) is 0 Å². The van der Waals surface area contributed by atoms with Gasteiger partial charge in [0.05, 0.1) is 45.5 Å². The molecule has 10 rings (SSSR count). The Kier molecular flexibility index (Phi) is 7.96. The number of hydrogen-bond acceptors (Lipinski definition) is 6. The Bertz CT molecular complexity index is 2320. The highest BCUT2D eigenvalue weighted by Gasteiger charge is 2.51. The van der Waals surface area contributed by atoms with E-state index in [0.29, 0.717) is 52.4 Å². The lowest BCUT2D eigenvalue weighted by Crippen LogP contribution is -2.41. The van der Waals surface area contributed by atoms with Gasteiger partial charge in [0, 0.05) is 76.4 Å². The minimum Gasteiger partial charge on any atom is -0.337 e. The van der Waals surface area contributed by atoms with E-state index in [4.69, 9.17) is 28.2 Å². The van der Waals surface area contributed by atoms with Crippen molar-refractivity contribution >= 4 is 50.9 Å². The number of fused-ring (bicyclic) bond motifs is 4. The Hall–Kier alpha value is -4.04. The summed E-state index contributed by atoms with van der Waals surface area (Å²) >= 11 is 13.1. The summed E-state index contributed by atoms with van der Waals surface area (Å²) in [6.07, 6.45) is 6.20. The Labute approximate surface area is 312 Å². The Balaban J connectivity index is 1.27. The van der Waals surface area contributed by atoms with E-state index in [1.54, 1.807) is 18.2 Å². The van der Waals surface area contributed by atoms with Gasteiger partial charge in [-0.1, -0.05) is 61.3 Å². The summed E-state index contributed by atoms with van der Waals surface area (Å²) in [4.78, 5) is 21.1. The fourth-order valence-corrected chi connectivity index (χ4v) is 9.39. The number of pyridine rings is 1. The van der Waals surface area contributed by atoms with Crippen LogP contribution in [0.3, 0.4) is 0 Å². The summed E-state index contributed by atoms with van der Waals surface area (Å²) < 4.78 is 21.6. The highest BCUT2D eigenvalue weighted by Crippen LogP contribution is 2.52. The lowest BCUT2D eigenvalue weighted by Gasteiger charge is -2.39. The van der Waals surface area contributed by atoms with Gasteiger partial charge in [0.15, 0.2) is 5.82 Å². The van der Waals surface area contributed by atoms with Crippen molar-refractivity contribution in [3.05, 3.63) is 75.0 Å². The summed E-state index contributed by atoms with van der Waals surface area (Å²) in [6.45, 7) is 9.79. The topological polar surface area (TPSA) is 105 Å². The van der Waals surface area contributed by atoms with Gasteiger partial charge in [-0.25, -0.2) is 14.1 Å². The van der Waals surface area contributed by atoms with Gasteiger partial charge in [-0.15, -0.1) is 5.10 Å². The molecule has 5 fully saturated rings. The van der Waals surface area contributed by atoms with E-state index in [9.17, 15) is 10.1 Å². The van der Waals surface area contributed by atoms with Gasteiger partial charge in [0.25, 0.3) is 0 Å². The third-order valence-corrected chi connectivity index (χ3v) is 12.7. The van der Waals surface area contributed by atoms with E-state index in [1.807, 2.05) is 23.9 Å². The molecule has 2 aromatic carbocycles. The molecule has 268 valence electrons.